The molecule has 37 heavy (non-hydrogen) atoms. The molecule has 0 unspecified atom stereocenters. The molecule has 13 heteroatoms. The summed E-state index contributed by atoms with van der Waals surface area (Å²) in [7, 11) is -3.23. The highest BCUT2D eigenvalue weighted by atomic mass is 35.5. The van der Waals surface area contributed by atoms with Gasteiger partial charge in [0.25, 0.3) is 5.69 Å². The van der Waals surface area contributed by atoms with Gasteiger partial charge < -0.3 is 19.3 Å². The van der Waals surface area contributed by atoms with Gasteiger partial charge in [0.1, 0.15) is 5.75 Å². The molecule has 2 heterocycles. The van der Waals surface area contributed by atoms with E-state index in [-0.39, 0.29) is 35.1 Å². The van der Waals surface area contributed by atoms with Gasteiger partial charge in [-0.25, -0.2) is 8.42 Å². The van der Waals surface area contributed by atoms with Gasteiger partial charge in [0.15, 0.2) is 11.5 Å². The molecule has 11 nitrogen and oxygen atoms in total. The number of esters is 1. The molecule has 2 aliphatic rings. The second-order valence-corrected chi connectivity index (χ2v) is 10.6. The Kier molecular flexibility index (Phi) is 6.18. The minimum Gasteiger partial charge on any atom is -0.507 e. The van der Waals surface area contributed by atoms with Crippen LogP contribution in [-0.2, 0) is 19.6 Å². The first-order chi connectivity index (χ1) is 17.6. The molecule has 0 fully saturated rings. The fraction of sp³-hybridized carbons (Fsp3) is 0.208. The minimum atomic E-state index is -4.42. The van der Waals surface area contributed by atoms with E-state index in [9.17, 15) is 28.4 Å². The molecule has 1 N–H and O–H groups in total. The minimum absolute atomic E-state index is 0.0684. The summed E-state index contributed by atoms with van der Waals surface area (Å²) < 4.78 is 44.9. The predicted octanol–water partition coefficient (Wildman–Crippen LogP) is 4.08. The number of halogens is 1. The fourth-order valence-corrected chi connectivity index (χ4v) is 6.55. The first-order valence-electron chi connectivity index (χ1n) is 10.9. The van der Waals surface area contributed by atoms with Crippen LogP contribution in [0.4, 0.5) is 5.69 Å². The van der Waals surface area contributed by atoms with Crippen molar-refractivity contribution in [3.63, 3.8) is 0 Å². The van der Waals surface area contributed by atoms with Gasteiger partial charge >= 0.3 is 5.97 Å². The summed E-state index contributed by atoms with van der Waals surface area (Å²) in [4.78, 5) is 22.6. The number of nitro benzene ring substituents is 1. The standard InChI is InChI=1S/C24H19ClN2O9S/c1-34-23(29)10-19-16-7-2-13(25)8-17(16)24(18-9-21-22(11-20(18)28)36-12-35-21)26(19)37(32,33)15-5-3-14(4-6-15)27(30)31/h2-9,11,19,24,28H,10,12H2,1H3/t19-,24-/m0/s1. The first kappa shape index (κ1) is 24.8. The van der Waals surface area contributed by atoms with E-state index in [1.807, 2.05) is 0 Å². The van der Waals surface area contributed by atoms with Crippen molar-refractivity contribution >= 4 is 33.3 Å². The van der Waals surface area contributed by atoms with Gasteiger partial charge in [0.05, 0.1) is 35.4 Å². The predicted molar refractivity (Wildman–Crippen MR) is 129 cm³/mol. The van der Waals surface area contributed by atoms with Gasteiger partial charge in [-0.15, -0.1) is 0 Å². The largest absolute Gasteiger partial charge is 0.507 e. The number of carbonyl (C=O) groups excluding carboxylic acids is 1. The van der Waals surface area contributed by atoms with Crippen LogP contribution in [0.3, 0.4) is 0 Å². The lowest BCUT2D eigenvalue weighted by Gasteiger charge is -2.30. The number of aromatic hydroxyl groups is 1. The number of benzene rings is 3. The molecule has 0 saturated carbocycles. The Morgan fingerprint density at radius 1 is 1.11 bits per heavy atom. The zero-order chi connectivity index (χ0) is 26.5. The van der Waals surface area contributed by atoms with Crippen molar-refractivity contribution in [1.82, 2.24) is 4.31 Å². The lowest BCUT2D eigenvalue weighted by atomic mass is 9.96. The van der Waals surface area contributed by atoms with Crippen LogP contribution < -0.4 is 9.47 Å². The maximum atomic E-state index is 14.1. The summed E-state index contributed by atoms with van der Waals surface area (Å²) in [5.74, 6) is -0.324. The zero-order valence-electron chi connectivity index (χ0n) is 19.2. The zero-order valence-corrected chi connectivity index (χ0v) is 20.7. The lowest BCUT2D eigenvalue weighted by Crippen LogP contribution is -2.35. The Balaban J connectivity index is 1.74. The van der Waals surface area contributed by atoms with Crippen molar-refractivity contribution in [3.05, 3.63) is 86.4 Å². The molecule has 0 aliphatic carbocycles. The van der Waals surface area contributed by atoms with Gasteiger partial charge in [-0.05, 0) is 41.5 Å². The van der Waals surface area contributed by atoms with E-state index < -0.39 is 33.0 Å². The molecule has 0 amide bonds. The number of non-ortho nitro benzene ring substituents is 1. The van der Waals surface area contributed by atoms with Crippen LogP contribution in [0.25, 0.3) is 0 Å². The number of phenols is 1. The van der Waals surface area contributed by atoms with Gasteiger partial charge in [0, 0.05) is 28.8 Å². The summed E-state index contributed by atoms with van der Waals surface area (Å²) in [5.41, 5.74) is 0.820. The quantitative estimate of drug-likeness (QED) is 0.274. The van der Waals surface area contributed by atoms with Crippen LogP contribution >= 0.6 is 11.6 Å². The van der Waals surface area contributed by atoms with Crippen molar-refractivity contribution in [3.8, 4) is 17.2 Å². The molecule has 0 bridgehead atoms. The number of sulfonamides is 1. The molecule has 0 saturated heterocycles. The number of ether oxygens (including phenoxy) is 3. The second-order valence-electron chi connectivity index (χ2n) is 8.32. The van der Waals surface area contributed by atoms with Crippen molar-refractivity contribution in [1.29, 1.82) is 0 Å². The van der Waals surface area contributed by atoms with Crippen LogP contribution in [0.1, 0.15) is 35.2 Å². The summed E-state index contributed by atoms with van der Waals surface area (Å²) in [6.45, 7) is -0.0684. The Hall–Kier alpha value is -3.87. The Labute approximate surface area is 215 Å². The number of hydrogen-bond donors (Lipinski definition) is 1. The number of nitrogens with zero attached hydrogens (tertiary/aromatic N) is 2. The number of phenolic OH excluding ortho intramolecular Hbond substituents is 1. The van der Waals surface area contributed by atoms with E-state index in [4.69, 9.17) is 25.8 Å². The molecule has 3 aromatic carbocycles. The molecule has 0 aromatic heterocycles. The van der Waals surface area contributed by atoms with E-state index >= 15 is 0 Å². The highest BCUT2D eigenvalue weighted by molar-refractivity contribution is 7.89. The molecular weight excluding hydrogens is 528 g/mol. The Morgan fingerprint density at radius 3 is 2.43 bits per heavy atom. The number of rotatable bonds is 6. The van der Waals surface area contributed by atoms with Crippen LogP contribution in [0.2, 0.25) is 5.02 Å². The number of fused-ring (bicyclic) bond motifs is 2. The van der Waals surface area contributed by atoms with Crippen molar-refractivity contribution < 1.29 is 37.5 Å². The van der Waals surface area contributed by atoms with Crippen LogP contribution in [0.15, 0.2) is 59.5 Å². The van der Waals surface area contributed by atoms with E-state index in [0.717, 1.165) is 28.6 Å². The summed E-state index contributed by atoms with van der Waals surface area (Å²) in [5, 5.41) is 22.4. The number of hydrogen-bond acceptors (Lipinski definition) is 9. The fourth-order valence-electron chi connectivity index (χ4n) is 4.62. The molecule has 5 rings (SSSR count). The number of carbonyl (C=O) groups is 1. The van der Waals surface area contributed by atoms with Crippen LogP contribution in [0.5, 0.6) is 17.2 Å². The second kappa shape index (κ2) is 9.21. The first-order valence-corrected chi connectivity index (χ1v) is 12.7. The summed E-state index contributed by atoms with van der Waals surface area (Å²) in [6.07, 6.45) is -0.334. The third-order valence-corrected chi connectivity index (χ3v) is 8.41. The average Bonchev–Trinajstić information content (AvgIpc) is 3.45. The van der Waals surface area contributed by atoms with Crippen molar-refractivity contribution in [2.75, 3.05) is 13.9 Å². The van der Waals surface area contributed by atoms with Crippen molar-refractivity contribution in [2.45, 2.75) is 23.4 Å². The SMILES string of the molecule is COC(=O)C[C@H]1c2ccc(Cl)cc2[C@@H](c2cc3c(cc2O)OCO3)N1S(=O)(=O)c1ccc([N+](=O)[O-])cc1. The summed E-state index contributed by atoms with van der Waals surface area (Å²) in [6, 6.07) is 9.80. The monoisotopic (exact) mass is 546 g/mol. The van der Waals surface area contributed by atoms with Gasteiger partial charge in [0.2, 0.25) is 16.8 Å². The van der Waals surface area contributed by atoms with Crippen molar-refractivity contribution in [2.24, 2.45) is 0 Å². The third kappa shape index (κ3) is 4.22. The molecule has 2 atom stereocenters. The van der Waals surface area contributed by atoms with Gasteiger partial charge in [-0.3, -0.25) is 14.9 Å². The van der Waals surface area contributed by atoms with E-state index in [0.29, 0.717) is 27.6 Å². The maximum Gasteiger partial charge on any atom is 0.307 e. The Bertz CT molecular complexity index is 1530. The van der Waals surface area contributed by atoms with Gasteiger partial charge in [-0.1, -0.05) is 17.7 Å². The molecule has 192 valence electrons. The number of methoxy groups -OCH3 is 1. The maximum absolute atomic E-state index is 14.1. The van der Waals surface area contributed by atoms with Crippen LogP contribution in [0, 0.1) is 10.1 Å². The molecule has 3 aromatic rings. The molecule has 2 aliphatic heterocycles. The number of nitro groups is 1. The van der Waals surface area contributed by atoms with Gasteiger partial charge in [-0.2, -0.15) is 4.31 Å². The highest BCUT2D eigenvalue weighted by Crippen LogP contribution is 2.54. The third-order valence-electron chi connectivity index (χ3n) is 6.29. The molecule has 0 spiro atoms. The van der Waals surface area contributed by atoms with Crippen LogP contribution in [-0.4, -0.2) is 42.6 Å². The lowest BCUT2D eigenvalue weighted by molar-refractivity contribution is -0.384. The normalized spacial score (nSPS) is 18.4. The van der Waals surface area contributed by atoms with E-state index in [1.54, 1.807) is 18.2 Å². The van der Waals surface area contributed by atoms with E-state index in [2.05, 4.69) is 0 Å². The average molecular weight is 547 g/mol. The summed E-state index contributed by atoms with van der Waals surface area (Å²) >= 11 is 6.29. The Morgan fingerprint density at radius 2 is 1.78 bits per heavy atom. The molecular formula is C24H19ClN2O9S. The highest BCUT2D eigenvalue weighted by Gasteiger charge is 2.48. The smallest absolute Gasteiger partial charge is 0.307 e. The van der Waals surface area contributed by atoms with E-state index in [1.165, 1.54) is 19.2 Å². The topological polar surface area (TPSA) is 146 Å². The molecule has 0 radical (unpaired) electrons.